The first-order chi connectivity index (χ1) is 16.2. The molecule has 9 nitrogen and oxygen atoms in total. The monoisotopic (exact) mass is 467 g/mol. The molecule has 0 saturated carbocycles. The van der Waals surface area contributed by atoms with Crippen LogP contribution in [0.1, 0.15) is 37.8 Å². The van der Waals surface area contributed by atoms with Gasteiger partial charge in [0.15, 0.2) is 0 Å². The molecule has 0 spiro atoms. The van der Waals surface area contributed by atoms with Gasteiger partial charge in [0.25, 0.3) is 0 Å². The average Bonchev–Trinajstić information content (AvgIpc) is 3.13. The zero-order valence-electron chi connectivity index (χ0n) is 19.3. The topological polar surface area (TPSA) is 134 Å². The van der Waals surface area contributed by atoms with Gasteiger partial charge in [0, 0.05) is 5.92 Å². The molecule has 2 aromatic rings. The van der Waals surface area contributed by atoms with Crippen LogP contribution < -0.4 is 16.0 Å². The standard InChI is InChI=1S/C25H29N3O6/c1-14(2)22(23(30)27-15(3)24(31)32)28-21(29)12-26-25(33)34-13-20-18-10-6-4-8-16(18)17-9-5-7-11-19(17)20/h4-11,14-15,20,22H,12-13H2,1-3H3,(H,26,33)(H,27,30)(H,28,29)(H,31,32)/t15-,22-/m0/s1. The van der Waals surface area contributed by atoms with Gasteiger partial charge in [-0.2, -0.15) is 0 Å². The van der Waals surface area contributed by atoms with E-state index in [2.05, 4.69) is 16.0 Å². The largest absolute Gasteiger partial charge is 0.480 e. The van der Waals surface area contributed by atoms with E-state index >= 15 is 0 Å². The highest BCUT2D eigenvalue weighted by molar-refractivity contribution is 5.91. The molecule has 1 aliphatic carbocycles. The summed E-state index contributed by atoms with van der Waals surface area (Å²) in [6, 6.07) is 13.9. The van der Waals surface area contributed by atoms with Crippen LogP contribution in [0.4, 0.5) is 4.79 Å². The molecule has 0 unspecified atom stereocenters. The van der Waals surface area contributed by atoms with Crippen molar-refractivity contribution in [3.63, 3.8) is 0 Å². The van der Waals surface area contributed by atoms with Gasteiger partial charge in [-0.15, -0.1) is 0 Å². The highest BCUT2D eigenvalue weighted by Gasteiger charge is 2.29. The Morgan fingerprint density at radius 3 is 2.00 bits per heavy atom. The van der Waals surface area contributed by atoms with Crippen molar-refractivity contribution in [3.8, 4) is 11.1 Å². The van der Waals surface area contributed by atoms with Crippen LogP contribution in [0.25, 0.3) is 11.1 Å². The maximum atomic E-state index is 12.3. The van der Waals surface area contributed by atoms with E-state index < -0.39 is 36.0 Å². The fourth-order valence-electron chi connectivity index (χ4n) is 3.93. The van der Waals surface area contributed by atoms with Crippen LogP contribution in [0, 0.1) is 5.92 Å². The van der Waals surface area contributed by atoms with Crippen molar-refractivity contribution in [1.29, 1.82) is 0 Å². The summed E-state index contributed by atoms with van der Waals surface area (Å²) in [5, 5.41) is 16.2. The quantitative estimate of drug-likeness (QED) is 0.447. The number of carbonyl (C=O) groups is 4. The number of rotatable bonds is 9. The molecular weight excluding hydrogens is 438 g/mol. The van der Waals surface area contributed by atoms with Gasteiger partial charge in [0.1, 0.15) is 25.2 Å². The van der Waals surface area contributed by atoms with Crippen LogP contribution in [0.5, 0.6) is 0 Å². The number of aliphatic carboxylic acids is 1. The molecule has 0 saturated heterocycles. The molecule has 1 aliphatic rings. The van der Waals surface area contributed by atoms with Crippen LogP contribution in [0.2, 0.25) is 0 Å². The lowest BCUT2D eigenvalue weighted by atomic mass is 9.98. The second kappa shape index (κ2) is 10.8. The summed E-state index contributed by atoms with van der Waals surface area (Å²) in [5.41, 5.74) is 4.38. The molecule has 0 heterocycles. The molecule has 3 rings (SSSR count). The van der Waals surface area contributed by atoms with Gasteiger partial charge in [-0.05, 0) is 35.1 Å². The number of carboxylic acid groups (broad SMARTS) is 1. The van der Waals surface area contributed by atoms with Crippen molar-refractivity contribution in [1.82, 2.24) is 16.0 Å². The first-order valence-electron chi connectivity index (χ1n) is 11.1. The number of nitrogens with one attached hydrogen (secondary N) is 3. The number of hydrogen-bond donors (Lipinski definition) is 4. The Bertz CT molecular complexity index is 1040. The molecule has 0 aromatic heterocycles. The molecule has 2 atom stereocenters. The smallest absolute Gasteiger partial charge is 0.407 e. The molecule has 4 N–H and O–H groups in total. The predicted molar refractivity (Wildman–Crippen MR) is 125 cm³/mol. The molecular formula is C25H29N3O6. The summed E-state index contributed by atoms with van der Waals surface area (Å²) in [5.74, 6) is -2.78. The molecule has 0 bridgehead atoms. The molecule has 2 aromatic carbocycles. The van der Waals surface area contributed by atoms with E-state index in [1.807, 2.05) is 48.5 Å². The zero-order valence-corrected chi connectivity index (χ0v) is 19.3. The van der Waals surface area contributed by atoms with E-state index in [1.54, 1.807) is 13.8 Å². The number of carbonyl (C=O) groups excluding carboxylic acids is 3. The Labute approximate surface area is 197 Å². The van der Waals surface area contributed by atoms with E-state index in [0.29, 0.717) is 0 Å². The van der Waals surface area contributed by atoms with Crippen LogP contribution in [-0.2, 0) is 19.1 Å². The van der Waals surface area contributed by atoms with Crippen molar-refractivity contribution >= 4 is 23.9 Å². The van der Waals surface area contributed by atoms with Crippen molar-refractivity contribution in [3.05, 3.63) is 59.7 Å². The first kappa shape index (κ1) is 24.8. The normalized spacial score (nSPS) is 13.9. The molecule has 0 fully saturated rings. The summed E-state index contributed by atoms with van der Waals surface area (Å²) in [6.07, 6.45) is -0.748. The Morgan fingerprint density at radius 1 is 0.912 bits per heavy atom. The van der Waals surface area contributed by atoms with Gasteiger partial charge in [0.05, 0.1) is 0 Å². The van der Waals surface area contributed by atoms with Gasteiger partial charge in [0.2, 0.25) is 11.8 Å². The average molecular weight is 468 g/mol. The lowest BCUT2D eigenvalue weighted by Gasteiger charge is -2.23. The minimum atomic E-state index is -1.18. The van der Waals surface area contributed by atoms with E-state index in [1.165, 1.54) is 6.92 Å². The molecule has 180 valence electrons. The first-order valence-corrected chi connectivity index (χ1v) is 11.1. The minimum absolute atomic E-state index is 0.0998. The van der Waals surface area contributed by atoms with Crippen molar-refractivity contribution in [2.75, 3.05) is 13.2 Å². The molecule has 34 heavy (non-hydrogen) atoms. The number of amides is 3. The Hall–Kier alpha value is -3.88. The summed E-state index contributed by atoms with van der Waals surface area (Å²) in [7, 11) is 0. The van der Waals surface area contributed by atoms with Gasteiger partial charge in [-0.25, -0.2) is 4.79 Å². The number of carboxylic acids is 1. The second-order valence-electron chi connectivity index (χ2n) is 8.54. The predicted octanol–water partition coefficient (Wildman–Crippen LogP) is 2.26. The highest BCUT2D eigenvalue weighted by atomic mass is 16.5. The summed E-state index contributed by atoms with van der Waals surface area (Å²) in [6.45, 7) is 4.50. The van der Waals surface area contributed by atoms with Gasteiger partial charge in [-0.3, -0.25) is 14.4 Å². The van der Waals surface area contributed by atoms with E-state index in [0.717, 1.165) is 22.3 Å². The van der Waals surface area contributed by atoms with E-state index in [4.69, 9.17) is 9.84 Å². The van der Waals surface area contributed by atoms with Gasteiger partial charge in [-0.1, -0.05) is 62.4 Å². The Balaban J connectivity index is 1.52. The van der Waals surface area contributed by atoms with Crippen LogP contribution >= 0.6 is 0 Å². The fraction of sp³-hybridized carbons (Fsp3) is 0.360. The molecule has 3 amide bonds. The summed E-state index contributed by atoms with van der Waals surface area (Å²) < 4.78 is 5.39. The zero-order chi connectivity index (χ0) is 24.8. The van der Waals surface area contributed by atoms with Crippen molar-refractivity contribution in [2.24, 2.45) is 5.92 Å². The minimum Gasteiger partial charge on any atom is -0.480 e. The maximum Gasteiger partial charge on any atom is 0.407 e. The third kappa shape index (κ3) is 5.72. The van der Waals surface area contributed by atoms with Crippen molar-refractivity contribution < 1.29 is 29.0 Å². The molecule has 9 heteroatoms. The maximum absolute atomic E-state index is 12.3. The SMILES string of the molecule is CC(C)[C@H](NC(=O)CNC(=O)OCC1c2ccccc2-c2ccccc21)C(=O)N[C@@H](C)C(=O)O. The van der Waals surface area contributed by atoms with E-state index in [-0.39, 0.29) is 25.0 Å². The molecule has 0 aliphatic heterocycles. The van der Waals surface area contributed by atoms with Crippen molar-refractivity contribution in [2.45, 2.75) is 38.8 Å². The van der Waals surface area contributed by atoms with Gasteiger partial charge >= 0.3 is 12.1 Å². The lowest BCUT2D eigenvalue weighted by molar-refractivity contribution is -0.141. The van der Waals surface area contributed by atoms with Crippen LogP contribution in [-0.4, -0.2) is 54.2 Å². The highest BCUT2D eigenvalue weighted by Crippen LogP contribution is 2.44. The third-order valence-electron chi connectivity index (χ3n) is 5.73. The molecule has 0 radical (unpaired) electrons. The van der Waals surface area contributed by atoms with Crippen LogP contribution in [0.15, 0.2) is 48.5 Å². The number of hydrogen-bond acceptors (Lipinski definition) is 5. The Morgan fingerprint density at radius 2 is 1.47 bits per heavy atom. The summed E-state index contributed by atoms with van der Waals surface area (Å²) in [4.78, 5) is 47.8. The number of ether oxygens (including phenoxy) is 1. The Kier molecular flexibility index (Phi) is 7.88. The third-order valence-corrected chi connectivity index (χ3v) is 5.73. The van der Waals surface area contributed by atoms with E-state index in [9.17, 15) is 19.2 Å². The number of benzene rings is 2. The number of fused-ring (bicyclic) bond motifs is 3. The van der Waals surface area contributed by atoms with Crippen LogP contribution in [0.3, 0.4) is 0 Å². The lowest BCUT2D eigenvalue weighted by Crippen LogP contribution is -2.54. The second-order valence-corrected chi connectivity index (χ2v) is 8.54. The number of alkyl carbamates (subject to hydrolysis) is 1. The fourth-order valence-corrected chi connectivity index (χ4v) is 3.93. The van der Waals surface area contributed by atoms with Gasteiger partial charge < -0.3 is 25.8 Å². The summed E-state index contributed by atoms with van der Waals surface area (Å²) >= 11 is 0.